The number of carbonyl (C=O) groups is 1. The Kier molecular flexibility index (Phi) is 4.91. The maximum Gasteiger partial charge on any atom is 0.229 e. The fourth-order valence-electron chi connectivity index (χ4n) is 2.88. The summed E-state index contributed by atoms with van der Waals surface area (Å²) in [6.45, 7) is 4.48. The zero-order valence-electron chi connectivity index (χ0n) is 13.5. The Morgan fingerprint density at radius 1 is 1.17 bits per heavy atom. The maximum absolute atomic E-state index is 12.0. The van der Waals surface area contributed by atoms with Gasteiger partial charge in [-0.1, -0.05) is 37.3 Å². The molecule has 120 valence electrons. The third-order valence-corrected chi connectivity index (χ3v) is 4.37. The SMILES string of the molecule is CC1CCN(c2ccc(NC(=O)Cc3ccccc3)nc2)CC1. The van der Waals surface area contributed by atoms with Crippen molar-refractivity contribution >= 4 is 17.4 Å². The van der Waals surface area contributed by atoms with Gasteiger partial charge in [0.2, 0.25) is 5.91 Å². The van der Waals surface area contributed by atoms with E-state index in [-0.39, 0.29) is 5.91 Å². The standard InChI is InChI=1S/C19H23N3O/c1-15-9-11-22(12-10-15)17-7-8-18(20-14-17)21-19(23)13-16-5-3-2-4-6-16/h2-8,14-15H,9-13H2,1H3,(H,20,21,23). The van der Waals surface area contributed by atoms with Crippen LogP contribution in [0.25, 0.3) is 0 Å². The summed E-state index contributed by atoms with van der Waals surface area (Å²) in [4.78, 5) is 18.8. The number of aromatic nitrogens is 1. The molecular weight excluding hydrogens is 286 g/mol. The van der Waals surface area contributed by atoms with E-state index in [1.807, 2.05) is 48.7 Å². The van der Waals surface area contributed by atoms with E-state index in [0.717, 1.165) is 30.3 Å². The van der Waals surface area contributed by atoms with E-state index < -0.39 is 0 Å². The van der Waals surface area contributed by atoms with E-state index in [1.54, 1.807) is 0 Å². The van der Waals surface area contributed by atoms with Gasteiger partial charge in [0, 0.05) is 13.1 Å². The van der Waals surface area contributed by atoms with Crippen LogP contribution in [0, 0.1) is 5.92 Å². The molecule has 0 saturated carbocycles. The summed E-state index contributed by atoms with van der Waals surface area (Å²) in [5.41, 5.74) is 2.14. The normalized spacial score (nSPS) is 15.4. The van der Waals surface area contributed by atoms with Crippen molar-refractivity contribution in [3.05, 3.63) is 54.2 Å². The quantitative estimate of drug-likeness (QED) is 0.940. The van der Waals surface area contributed by atoms with Crippen molar-refractivity contribution in [2.24, 2.45) is 5.92 Å². The molecule has 1 aromatic heterocycles. The molecule has 0 bridgehead atoms. The van der Waals surface area contributed by atoms with Crippen LogP contribution in [0.1, 0.15) is 25.3 Å². The maximum atomic E-state index is 12.0. The molecule has 0 atom stereocenters. The van der Waals surface area contributed by atoms with E-state index in [4.69, 9.17) is 0 Å². The van der Waals surface area contributed by atoms with Gasteiger partial charge in [0.25, 0.3) is 0 Å². The first-order chi connectivity index (χ1) is 11.2. The molecule has 2 aromatic rings. The molecule has 4 heteroatoms. The van der Waals surface area contributed by atoms with Crippen LogP contribution < -0.4 is 10.2 Å². The minimum atomic E-state index is -0.0387. The third-order valence-electron chi connectivity index (χ3n) is 4.37. The second-order valence-corrected chi connectivity index (χ2v) is 6.28. The average molecular weight is 309 g/mol. The van der Waals surface area contributed by atoms with Crippen LogP contribution in [-0.2, 0) is 11.2 Å². The largest absolute Gasteiger partial charge is 0.370 e. The lowest BCUT2D eigenvalue weighted by molar-refractivity contribution is -0.115. The number of carbonyl (C=O) groups excluding carboxylic acids is 1. The third kappa shape index (κ3) is 4.31. The summed E-state index contributed by atoms with van der Waals surface area (Å²) >= 11 is 0. The molecule has 1 aliphatic heterocycles. The Hall–Kier alpha value is -2.36. The first kappa shape index (κ1) is 15.5. The number of pyridine rings is 1. The summed E-state index contributed by atoms with van der Waals surface area (Å²) in [5.74, 6) is 1.39. The Labute approximate surface area is 137 Å². The Balaban J connectivity index is 1.56. The van der Waals surface area contributed by atoms with Crippen molar-refractivity contribution in [1.82, 2.24) is 4.98 Å². The van der Waals surface area contributed by atoms with E-state index in [9.17, 15) is 4.79 Å². The molecule has 1 aromatic carbocycles. The lowest BCUT2D eigenvalue weighted by atomic mass is 9.99. The van der Waals surface area contributed by atoms with Crippen LogP contribution in [0.5, 0.6) is 0 Å². The van der Waals surface area contributed by atoms with Crippen LogP contribution in [0.4, 0.5) is 11.5 Å². The minimum absolute atomic E-state index is 0.0387. The minimum Gasteiger partial charge on any atom is -0.370 e. The highest BCUT2D eigenvalue weighted by Crippen LogP contribution is 2.23. The first-order valence-electron chi connectivity index (χ1n) is 8.25. The molecule has 0 radical (unpaired) electrons. The number of piperidine rings is 1. The number of hydrogen-bond acceptors (Lipinski definition) is 3. The van der Waals surface area contributed by atoms with Gasteiger partial charge in [0.15, 0.2) is 0 Å². The van der Waals surface area contributed by atoms with Gasteiger partial charge in [0.1, 0.15) is 5.82 Å². The summed E-state index contributed by atoms with van der Waals surface area (Å²) < 4.78 is 0. The predicted octanol–water partition coefficient (Wildman–Crippen LogP) is 3.50. The highest BCUT2D eigenvalue weighted by Gasteiger charge is 2.16. The summed E-state index contributed by atoms with van der Waals surface area (Å²) in [5, 5.41) is 2.86. The molecule has 0 unspecified atom stereocenters. The smallest absolute Gasteiger partial charge is 0.229 e. The van der Waals surface area contributed by atoms with Gasteiger partial charge < -0.3 is 10.2 Å². The summed E-state index contributed by atoms with van der Waals surface area (Å²) in [6, 6.07) is 13.7. The molecule has 4 nitrogen and oxygen atoms in total. The number of amides is 1. The number of benzene rings is 1. The number of nitrogens with zero attached hydrogens (tertiary/aromatic N) is 2. The van der Waals surface area contributed by atoms with Crippen molar-refractivity contribution in [2.45, 2.75) is 26.2 Å². The van der Waals surface area contributed by atoms with Crippen LogP contribution in [0.15, 0.2) is 48.7 Å². The van der Waals surface area contributed by atoms with Crippen LogP contribution in [-0.4, -0.2) is 24.0 Å². The van der Waals surface area contributed by atoms with E-state index in [0.29, 0.717) is 12.2 Å². The molecule has 0 aliphatic carbocycles. The van der Waals surface area contributed by atoms with Gasteiger partial charge in [-0.25, -0.2) is 4.98 Å². The van der Waals surface area contributed by atoms with Crippen LogP contribution in [0.3, 0.4) is 0 Å². The van der Waals surface area contributed by atoms with Crippen molar-refractivity contribution < 1.29 is 4.79 Å². The first-order valence-corrected chi connectivity index (χ1v) is 8.25. The second-order valence-electron chi connectivity index (χ2n) is 6.28. The lowest BCUT2D eigenvalue weighted by Crippen LogP contribution is -2.32. The average Bonchev–Trinajstić information content (AvgIpc) is 2.57. The van der Waals surface area contributed by atoms with E-state index >= 15 is 0 Å². The Morgan fingerprint density at radius 3 is 2.57 bits per heavy atom. The number of rotatable bonds is 4. The van der Waals surface area contributed by atoms with Gasteiger partial charge in [-0.15, -0.1) is 0 Å². The zero-order chi connectivity index (χ0) is 16.1. The van der Waals surface area contributed by atoms with Crippen molar-refractivity contribution in [3.63, 3.8) is 0 Å². The zero-order valence-corrected chi connectivity index (χ0v) is 13.5. The molecule has 2 heterocycles. The predicted molar refractivity (Wildman–Crippen MR) is 93.6 cm³/mol. The molecule has 1 aliphatic rings. The molecule has 3 rings (SSSR count). The van der Waals surface area contributed by atoms with E-state index in [1.165, 1.54) is 12.8 Å². The Morgan fingerprint density at radius 2 is 1.91 bits per heavy atom. The number of nitrogens with one attached hydrogen (secondary N) is 1. The molecule has 1 saturated heterocycles. The number of anilines is 2. The second kappa shape index (κ2) is 7.27. The molecule has 1 fully saturated rings. The van der Waals surface area contributed by atoms with E-state index in [2.05, 4.69) is 22.1 Å². The molecule has 23 heavy (non-hydrogen) atoms. The molecule has 1 N–H and O–H groups in total. The monoisotopic (exact) mass is 309 g/mol. The fourth-order valence-corrected chi connectivity index (χ4v) is 2.88. The van der Waals surface area contributed by atoms with Crippen LogP contribution in [0.2, 0.25) is 0 Å². The molecule has 0 spiro atoms. The van der Waals surface area contributed by atoms with Crippen molar-refractivity contribution in [2.75, 3.05) is 23.3 Å². The van der Waals surface area contributed by atoms with Gasteiger partial charge >= 0.3 is 0 Å². The highest BCUT2D eigenvalue weighted by atomic mass is 16.1. The topological polar surface area (TPSA) is 45.2 Å². The van der Waals surface area contributed by atoms with Crippen molar-refractivity contribution in [1.29, 1.82) is 0 Å². The van der Waals surface area contributed by atoms with Crippen molar-refractivity contribution in [3.8, 4) is 0 Å². The fraction of sp³-hybridized carbons (Fsp3) is 0.368. The number of hydrogen-bond donors (Lipinski definition) is 1. The lowest BCUT2D eigenvalue weighted by Gasteiger charge is -2.31. The summed E-state index contributed by atoms with van der Waals surface area (Å²) in [6.07, 6.45) is 4.69. The Bertz CT molecular complexity index is 631. The van der Waals surface area contributed by atoms with Crippen LogP contribution >= 0.6 is 0 Å². The molecule has 1 amide bonds. The van der Waals surface area contributed by atoms with Gasteiger partial charge in [-0.05, 0) is 36.5 Å². The summed E-state index contributed by atoms with van der Waals surface area (Å²) in [7, 11) is 0. The molecular formula is C19H23N3O. The highest BCUT2D eigenvalue weighted by molar-refractivity contribution is 5.91. The van der Waals surface area contributed by atoms with Gasteiger partial charge in [-0.3, -0.25) is 4.79 Å². The van der Waals surface area contributed by atoms with Gasteiger partial charge in [-0.2, -0.15) is 0 Å². The van der Waals surface area contributed by atoms with Gasteiger partial charge in [0.05, 0.1) is 18.3 Å².